The molecule has 4 rings (SSSR count). The van der Waals surface area contributed by atoms with E-state index in [0.717, 1.165) is 33.6 Å². The molecule has 3 nitrogen and oxygen atoms in total. The van der Waals surface area contributed by atoms with E-state index < -0.39 is 0 Å². The molecule has 2 aromatic rings. The van der Waals surface area contributed by atoms with Crippen molar-refractivity contribution in [3.63, 3.8) is 0 Å². The Hall–Kier alpha value is -1.48. The zero-order valence-corrected chi connectivity index (χ0v) is 15.8. The van der Waals surface area contributed by atoms with Crippen molar-refractivity contribution in [2.24, 2.45) is 11.3 Å². The number of carbonyl (C=O) groups excluding carboxylic acids is 1. The van der Waals surface area contributed by atoms with Gasteiger partial charge in [-0.05, 0) is 54.4 Å². The van der Waals surface area contributed by atoms with Crippen LogP contribution in [-0.2, 0) is 11.3 Å². The molecule has 130 valence electrons. The van der Waals surface area contributed by atoms with Gasteiger partial charge in [0.25, 0.3) is 0 Å². The summed E-state index contributed by atoms with van der Waals surface area (Å²) < 4.78 is 0. The first kappa shape index (κ1) is 17.3. The van der Waals surface area contributed by atoms with Gasteiger partial charge in [-0.3, -0.25) is 4.79 Å². The van der Waals surface area contributed by atoms with Gasteiger partial charge in [-0.1, -0.05) is 39.3 Å². The summed E-state index contributed by atoms with van der Waals surface area (Å²) in [4.78, 5) is 15.5. The van der Waals surface area contributed by atoms with Crippen molar-refractivity contribution >= 4 is 28.4 Å². The highest BCUT2D eigenvalue weighted by atomic mass is 35.5. The number of fused-ring (bicyclic) bond motifs is 1. The number of hydrogen-bond donors (Lipinski definition) is 2. The summed E-state index contributed by atoms with van der Waals surface area (Å²) in [6.07, 6.45) is 3.58. The Bertz CT molecular complexity index is 758. The summed E-state index contributed by atoms with van der Waals surface area (Å²) in [5, 5.41) is 4.98. The lowest BCUT2D eigenvalue weighted by atomic mass is 10.0. The van der Waals surface area contributed by atoms with Crippen LogP contribution < -0.4 is 5.32 Å². The van der Waals surface area contributed by atoms with Crippen LogP contribution in [0.25, 0.3) is 10.9 Å². The number of H-pyrrole nitrogens is 1. The third kappa shape index (κ3) is 3.19. The first-order chi connectivity index (χ1) is 11.5. The van der Waals surface area contributed by atoms with E-state index in [9.17, 15) is 4.79 Å². The van der Waals surface area contributed by atoms with Gasteiger partial charge >= 0.3 is 0 Å². The third-order valence-electron chi connectivity index (χ3n) is 5.27. The lowest BCUT2D eigenvalue weighted by Gasteiger charge is -2.07. The molecule has 1 unspecified atom stereocenters. The van der Waals surface area contributed by atoms with Gasteiger partial charge < -0.3 is 10.3 Å². The molecule has 1 heterocycles. The fraction of sp³-hybridized carbons (Fsp3) is 0.550. The van der Waals surface area contributed by atoms with Gasteiger partial charge in [-0.25, -0.2) is 0 Å². The lowest BCUT2D eigenvalue weighted by molar-refractivity contribution is -0.122. The van der Waals surface area contributed by atoms with Crippen LogP contribution in [-0.4, -0.2) is 10.9 Å². The van der Waals surface area contributed by atoms with Gasteiger partial charge in [0, 0.05) is 27.5 Å². The number of aromatic amines is 1. The van der Waals surface area contributed by atoms with Crippen molar-refractivity contribution in [2.45, 2.75) is 59.4 Å². The number of aromatic nitrogens is 1. The average molecular weight is 347 g/mol. The van der Waals surface area contributed by atoms with Crippen molar-refractivity contribution in [2.75, 3.05) is 0 Å². The minimum Gasteiger partial charge on any atom is -0.357 e. The highest BCUT2D eigenvalue weighted by Crippen LogP contribution is 2.70. The van der Waals surface area contributed by atoms with Crippen molar-refractivity contribution in [3.05, 3.63) is 34.5 Å². The summed E-state index contributed by atoms with van der Waals surface area (Å²) in [6.45, 7) is 8.84. The molecule has 2 aliphatic rings. The number of benzene rings is 1. The van der Waals surface area contributed by atoms with Crippen LogP contribution in [0, 0.1) is 11.3 Å². The van der Waals surface area contributed by atoms with E-state index in [-0.39, 0.29) is 11.8 Å². The second-order valence-electron chi connectivity index (χ2n) is 7.25. The molecule has 2 saturated carbocycles. The average Bonchev–Trinajstić information content (AvgIpc) is 3.46. The maximum Gasteiger partial charge on any atom is 0.224 e. The van der Waals surface area contributed by atoms with Crippen LogP contribution in [0.3, 0.4) is 0 Å². The van der Waals surface area contributed by atoms with Crippen LogP contribution in [0.15, 0.2) is 18.2 Å². The predicted octanol–water partition coefficient (Wildman–Crippen LogP) is 5.39. The summed E-state index contributed by atoms with van der Waals surface area (Å²) in [5.74, 6) is 0.892. The Balaban J connectivity index is 0.000000815. The van der Waals surface area contributed by atoms with E-state index in [4.69, 9.17) is 11.6 Å². The van der Waals surface area contributed by atoms with Crippen LogP contribution in [0.2, 0.25) is 5.02 Å². The largest absolute Gasteiger partial charge is 0.357 e. The maximum absolute atomic E-state index is 12.1. The standard InChI is InChI=1S/C18H21ClN2O.C2H6/c1-10(2)13-7-16-11(6-15(13)19)5-12(21-16)9-20-17(22)14-8-18(14)3-4-18;1-2/h5-7,10,14,21H,3-4,8-9H2,1-2H3,(H,20,22);1-2H3. The lowest BCUT2D eigenvalue weighted by Crippen LogP contribution is -2.25. The monoisotopic (exact) mass is 346 g/mol. The molecule has 2 N–H and O–H groups in total. The SMILES string of the molecule is CC.CC(C)c1cc2[nH]c(CNC(=O)C3CC34CC4)cc2cc1Cl. The van der Waals surface area contributed by atoms with Gasteiger partial charge in [0.05, 0.1) is 6.54 Å². The van der Waals surface area contributed by atoms with E-state index in [1.165, 1.54) is 12.8 Å². The Morgan fingerprint density at radius 1 is 1.33 bits per heavy atom. The van der Waals surface area contributed by atoms with Crippen LogP contribution >= 0.6 is 11.6 Å². The topological polar surface area (TPSA) is 44.9 Å². The minimum atomic E-state index is 0.219. The van der Waals surface area contributed by atoms with Gasteiger partial charge in [0.2, 0.25) is 5.91 Å². The minimum absolute atomic E-state index is 0.219. The number of halogens is 1. The van der Waals surface area contributed by atoms with E-state index >= 15 is 0 Å². The van der Waals surface area contributed by atoms with E-state index in [1.807, 2.05) is 19.9 Å². The summed E-state index contributed by atoms with van der Waals surface area (Å²) in [5.41, 5.74) is 3.69. The van der Waals surface area contributed by atoms with Crippen molar-refractivity contribution in [1.82, 2.24) is 10.3 Å². The number of amides is 1. The molecular weight excluding hydrogens is 320 g/mol. The van der Waals surface area contributed by atoms with Gasteiger partial charge in [-0.2, -0.15) is 0 Å². The highest BCUT2D eigenvalue weighted by Gasteiger charge is 2.65. The smallest absolute Gasteiger partial charge is 0.224 e. The molecule has 1 amide bonds. The molecular formula is C20H27ClN2O. The molecule has 1 spiro atoms. The first-order valence-electron chi connectivity index (χ1n) is 9.07. The molecule has 4 heteroatoms. The first-order valence-corrected chi connectivity index (χ1v) is 9.45. The summed E-state index contributed by atoms with van der Waals surface area (Å²) in [7, 11) is 0. The van der Waals surface area contributed by atoms with Crippen LogP contribution in [0.1, 0.15) is 64.1 Å². The second kappa shape index (κ2) is 6.44. The molecule has 24 heavy (non-hydrogen) atoms. The van der Waals surface area contributed by atoms with Gasteiger partial charge in [0.1, 0.15) is 0 Å². The summed E-state index contributed by atoms with van der Waals surface area (Å²) in [6, 6.07) is 6.20. The van der Waals surface area contributed by atoms with Gasteiger partial charge in [-0.15, -0.1) is 0 Å². The Morgan fingerprint density at radius 2 is 2.04 bits per heavy atom. The fourth-order valence-corrected chi connectivity index (χ4v) is 3.89. The summed E-state index contributed by atoms with van der Waals surface area (Å²) >= 11 is 6.34. The Morgan fingerprint density at radius 3 is 2.62 bits per heavy atom. The maximum atomic E-state index is 12.1. The zero-order valence-electron chi connectivity index (χ0n) is 15.0. The fourth-order valence-electron chi connectivity index (χ4n) is 3.50. The van der Waals surface area contributed by atoms with E-state index in [0.29, 0.717) is 17.9 Å². The quantitative estimate of drug-likeness (QED) is 0.766. The molecule has 1 aromatic carbocycles. The number of carbonyl (C=O) groups is 1. The molecule has 0 aliphatic heterocycles. The van der Waals surface area contributed by atoms with Crippen LogP contribution in [0.5, 0.6) is 0 Å². The molecule has 2 aliphatic carbocycles. The van der Waals surface area contributed by atoms with Crippen molar-refractivity contribution in [1.29, 1.82) is 0 Å². The van der Waals surface area contributed by atoms with E-state index in [1.54, 1.807) is 0 Å². The predicted molar refractivity (Wildman–Crippen MR) is 100 cm³/mol. The zero-order chi connectivity index (χ0) is 17.5. The number of rotatable bonds is 4. The molecule has 2 fully saturated rings. The number of hydrogen-bond acceptors (Lipinski definition) is 1. The molecule has 0 bridgehead atoms. The van der Waals surface area contributed by atoms with Crippen molar-refractivity contribution < 1.29 is 4.79 Å². The molecule has 1 atom stereocenters. The van der Waals surface area contributed by atoms with Crippen LogP contribution in [0.4, 0.5) is 0 Å². The molecule has 0 saturated heterocycles. The number of nitrogens with one attached hydrogen (secondary N) is 2. The highest BCUT2D eigenvalue weighted by molar-refractivity contribution is 6.32. The van der Waals surface area contributed by atoms with Crippen molar-refractivity contribution in [3.8, 4) is 0 Å². The normalized spacial score (nSPS) is 20.0. The van der Waals surface area contributed by atoms with Gasteiger partial charge in [0.15, 0.2) is 0 Å². The Kier molecular flexibility index (Phi) is 4.65. The Labute approximate surface area is 149 Å². The molecule has 0 radical (unpaired) electrons. The molecule has 1 aromatic heterocycles. The van der Waals surface area contributed by atoms with E-state index in [2.05, 4.69) is 36.3 Å². The second-order valence-corrected chi connectivity index (χ2v) is 7.65. The third-order valence-corrected chi connectivity index (χ3v) is 5.59.